The number of piperidine rings is 1. The van der Waals surface area contributed by atoms with E-state index in [-0.39, 0.29) is 5.82 Å². The van der Waals surface area contributed by atoms with Crippen LogP contribution in [0.25, 0.3) is 5.65 Å². The highest BCUT2D eigenvalue weighted by molar-refractivity contribution is 5.71. The lowest BCUT2D eigenvalue weighted by Crippen LogP contribution is -2.39. The van der Waals surface area contributed by atoms with Crippen LogP contribution in [0.4, 0.5) is 15.8 Å². The molecule has 0 unspecified atom stereocenters. The molecule has 1 aliphatic rings. The van der Waals surface area contributed by atoms with Crippen LogP contribution in [0, 0.1) is 19.7 Å². The summed E-state index contributed by atoms with van der Waals surface area (Å²) in [6.45, 7) is 5.94. The molecule has 1 fully saturated rings. The smallest absolute Gasteiger partial charge is 0.200 e. The van der Waals surface area contributed by atoms with Gasteiger partial charge in [-0.15, -0.1) is 10.2 Å². The summed E-state index contributed by atoms with van der Waals surface area (Å²) in [6.07, 6.45) is 3.65. The minimum Gasteiger partial charge on any atom is -0.379 e. The van der Waals surface area contributed by atoms with E-state index in [0.29, 0.717) is 6.04 Å². The van der Waals surface area contributed by atoms with E-state index in [9.17, 15) is 4.39 Å². The lowest BCUT2D eigenvalue weighted by Gasteiger charge is -2.34. The first kappa shape index (κ1) is 15.8. The third-order valence-electron chi connectivity index (χ3n) is 4.96. The van der Waals surface area contributed by atoms with Gasteiger partial charge in [0, 0.05) is 24.8 Å². The molecule has 1 N–H and O–H groups in total. The summed E-state index contributed by atoms with van der Waals surface area (Å²) in [6, 6.07) is 7.10. The molecule has 25 heavy (non-hydrogen) atoms. The maximum atomic E-state index is 13.1. The van der Waals surface area contributed by atoms with Crippen molar-refractivity contribution in [3.8, 4) is 0 Å². The zero-order chi connectivity index (χ0) is 17.4. The fourth-order valence-corrected chi connectivity index (χ4v) is 3.36. The Balaban J connectivity index is 1.48. The molecule has 0 aliphatic carbocycles. The van der Waals surface area contributed by atoms with Crippen molar-refractivity contribution in [3.05, 3.63) is 47.7 Å². The van der Waals surface area contributed by atoms with Crippen molar-refractivity contribution in [1.29, 1.82) is 0 Å². The number of hydrogen-bond donors (Lipinski definition) is 1. The molecular weight excluding hydrogens is 319 g/mol. The van der Waals surface area contributed by atoms with Crippen LogP contribution in [-0.2, 0) is 0 Å². The highest BCUT2D eigenvalue weighted by Gasteiger charge is 2.22. The number of fused-ring (bicyclic) bond motifs is 1. The fourth-order valence-electron chi connectivity index (χ4n) is 3.36. The Hall–Kier alpha value is -2.70. The monoisotopic (exact) mass is 340 g/mol. The average Bonchev–Trinajstić information content (AvgIpc) is 3.08. The number of halogens is 1. The normalized spacial score (nSPS) is 15.7. The zero-order valence-corrected chi connectivity index (χ0v) is 14.4. The van der Waals surface area contributed by atoms with Gasteiger partial charge in [0.25, 0.3) is 0 Å². The van der Waals surface area contributed by atoms with E-state index in [1.54, 1.807) is 10.8 Å². The first-order chi connectivity index (χ1) is 12.1. The van der Waals surface area contributed by atoms with Gasteiger partial charge >= 0.3 is 0 Å². The molecule has 1 aromatic carbocycles. The fraction of sp³-hybridized carbons (Fsp3) is 0.389. The molecule has 0 saturated carbocycles. The van der Waals surface area contributed by atoms with Gasteiger partial charge in [0.2, 0.25) is 5.65 Å². The average molecular weight is 340 g/mol. The van der Waals surface area contributed by atoms with Crippen LogP contribution >= 0.6 is 0 Å². The van der Waals surface area contributed by atoms with Crippen LogP contribution in [0.5, 0.6) is 0 Å². The van der Waals surface area contributed by atoms with E-state index in [2.05, 4.69) is 32.4 Å². The molecule has 3 aromatic rings. The Labute approximate surface area is 145 Å². The quantitative estimate of drug-likeness (QED) is 0.794. The summed E-state index contributed by atoms with van der Waals surface area (Å²) in [5.74, 6) is -0.193. The number of aryl methyl sites for hydroxylation is 1. The summed E-state index contributed by atoms with van der Waals surface area (Å²) in [5.41, 5.74) is 4.95. The minimum absolute atomic E-state index is 0.193. The molecule has 130 valence electrons. The second-order valence-electron chi connectivity index (χ2n) is 6.57. The molecule has 0 bridgehead atoms. The molecule has 0 atom stereocenters. The Kier molecular flexibility index (Phi) is 3.99. The number of nitrogens with one attached hydrogen (secondary N) is 1. The van der Waals surface area contributed by atoms with Gasteiger partial charge in [-0.3, -0.25) is 0 Å². The standard InChI is InChI=1S/C18H21FN6/c1-12-13(2)23-25-11-20-22-18(25)17(12)21-15-7-9-24(10-8-15)16-5-3-14(19)4-6-16/h3-6,11,15,21H,7-10H2,1-2H3. The Bertz CT molecular complexity index is 880. The van der Waals surface area contributed by atoms with Gasteiger partial charge in [-0.1, -0.05) is 0 Å². The Morgan fingerprint density at radius 2 is 1.84 bits per heavy atom. The molecular formula is C18H21FN6. The first-order valence-corrected chi connectivity index (χ1v) is 8.56. The van der Waals surface area contributed by atoms with Gasteiger partial charge in [0.05, 0.1) is 11.4 Å². The van der Waals surface area contributed by atoms with Crippen LogP contribution in [0.3, 0.4) is 0 Å². The highest BCUT2D eigenvalue weighted by atomic mass is 19.1. The summed E-state index contributed by atoms with van der Waals surface area (Å²) in [5, 5.41) is 16.3. The Morgan fingerprint density at radius 1 is 1.12 bits per heavy atom. The molecule has 3 heterocycles. The van der Waals surface area contributed by atoms with Crippen LogP contribution in [0.1, 0.15) is 24.1 Å². The van der Waals surface area contributed by atoms with Gasteiger partial charge in [-0.2, -0.15) is 9.61 Å². The number of aromatic nitrogens is 4. The minimum atomic E-state index is -0.193. The molecule has 0 spiro atoms. The molecule has 7 heteroatoms. The zero-order valence-electron chi connectivity index (χ0n) is 14.4. The van der Waals surface area contributed by atoms with E-state index in [1.165, 1.54) is 12.1 Å². The van der Waals surface area contributed by atoms with Crippen LogP contribution in [-0.4, -0.2) is 38.9 Å². The molecule has 2 aromatic heterocycles. The summed E-state index contributed by atoms with van der Waals surface area (Å²) in [4.78, 5) is 2.30. The number of nitrogens with zero attached hydrogens (tertiary/aromatic N) is 5. The second-order valence-corrected chi connectivity index (χ2v) is 6.57. The van der Waals surface area contributed by atoms with E-state index in [4.69, 9.17) is 0 Å². The first-order valence-electron chi connectivity index (χ1n) is 8.56. The lowest BCUT2D eigenvalue weighted by atomic mass is 10.0. The van der Waals surface area contributed by atoms with Crippen molar-refractivity contribution in [3.63, 3.8) is 0 Å². The number of anilines is 2. The highest BCUT2D eigenvalue weighted by Crippen LogP contribution is 2.26. The largest absolute Gasteiger partial charge is 0.379 e. The molecule has 4 rings (SSSR count). The predicted octanol–water partition coefficient (Wildman–Crippen LogP) is 2.96. The Morgan fingerprint density at radius 3 is 2.56 bits per heavy atom. The maximum Gasteiger partial charge on any atom is 0.200 e. The molecule has 6 nitrogen and oxygen atoms in total. The van der Waals surface area contributed by atoms with Crippen LogP contribution < -0.4 is 10.2 Å². The van der Waals surface area contributed by atoms with Gasteiger partial charge in [0.1, 0.15) is 12.1 Å². The van der Waals surface area contributed by atoms with E-state index in [0.717, 1.165) is 54.2 Å². The van der Waals surface area contributed by atoms with Crippen molar-refractivity contribution < 1.29 is 4.39 Å². The van der Waals surface area contributed by atoms with Gasteiger partial charge in [-0.05, 0) is 56.5 Å². The van der Waals surface area contributed by atoms with E-state index < -0.39 is 0 Å². The summed E-state index contributed by atoms with van der Waals surface area (Å²) >= 11 is 0. The molecule has 0 radical (unpaired) electrons. The molecule has 1 aliphatic heterocycles. The van der Waals surface area contributed by atoms with E-state index >= 15 is 0 Å². The topological polar surface area (TPSA) is 58.4 Å². The number of benzene rings is 1. The molecule has 0 amide bonds. The van der Waals surface area contributed by atoms with Crippen LogP contribution in [0.2, 0.25) is 0 Å². The van der Waals surface area contributed by atoms with Gasteiger partial charge in [0.15, 0.2) is 0 Å². The summed E-state index contributed by atoms with van der Waals surface area (Å²) < 4.78 is 14.8. The second kappa shape index (κ2) is 6.31. The van der Waals surface area contributed by atoms with Crippen molar-refractivity contribution >= 4 is 17.0 Å². The third-order valence-corrected chi connectivity index (χ3v) is 4.96. The van der Waals surface area contributed by atoms with Crippen molar-refractivity contribution in [1.82, 2.24) is 19.8 Å². The third kappa shape index (κ3) is 3.01. The van der Waals surface area contributed by atoms with Crippen molar-refractivity contribution in [2.75, 3.05) is 23.3 Å². The van der Waals surface area contributed by atoms with Crippen molar-refractivity contribution in [2.45, 2.75) is 32.7 Å². The van der Waals surface area contributed by atoms with E-state index in [1.807, 2.05) is 19.1 Å². The van der Waals surface area contributed by atoms with Gasteiger partial charge in [-0.25, -0.2) is 4.39 Å². The van der Waals surface area contributed by atoms with Crippen molar-refractivity contribution in [2.24, 2.45) is 0 Å². The SMILES string of the molecule is Cc1nn2cnnc2c(NC2CCN(c3ccc(F)cc3)CC2)c1C. The lowest BCUT2D eigenvalue weighted by molar-refractivity contribution is 0.526. The maximum absolute atomic E-state index is 13.1. The number of hydrogen-bond acceptors (Lipinski definition) is 5. The van der Waals surface area contributed by atoms with Crippen LogP contribution in [0.15, 0.2) is 30.6 Å². The predicted molar refractivity (Wildman–Crippen MR) is 95.5 cm³/mol. The molecule has 1 saturated heterocycles. The summed E-state index contributed by atoms with van der Waals surface area (Å²) in [7, 11) is 0. The van der Waals surface area contributed by atoms with Gasteiger partial charge < -0.3 is 10.2 Å². The number of rotatable bonds is 3.